The van der Waals surface area contributed by atoms with Crippen LogP contribution in [0.25, 0.3) is 0 Å². The number of benzene rings is 1. The molecule has 0 aliphatic rings. The molecule has 0 aliphatic carbocycles. The van der Waals surface area contributed by atoms with Gasteiger partial charge in [0.1, 0.15) is 0 Å². The van der Waals surface area contributed by atoms with Gasteiger partial charge in [0.25, 0.3) is 0 Å². The van der Waals surface area contributed by atoms with Gasteiger partial charge in [-0.2, -0.15) is 0 Å². The molecule has 0 saturated heterocycles. The van der Waals surface area contributed by atoms with Crippen LogP contribution in [0.1, 0.15) is 42.5 Å². The van der Waals surface area contributed by atoms with Crippen LogP contribution in [0.4, 0.5) is 0 Å². The fourth-order valence-corrected chi connectivity index (χ4v) is 1.92. The molecule has 0 radical (unpaired) electrons. The topological polar surface area (TPSA) is 39.2 Å². The summed E-state index contributed by atoms with van der Waals surface area (Å²) < 4.78 is 5.05. The lowest BCUT2D eigenvalue weighted by molar-refractivity contribution is 0.562. The third kappa shape index (κ3) is 2.98. The van der Waals surface area contributed by atoms with E-state index in [4.69, 9.17) is 10.2 Å². The summed E-state index contributed by atoms with van der Waals surface area (Å²) in [7, 11) is 0. The first-order valence-corrected chi connectivity index (χ1v) is 6.17. The van der Waals surface area contributed by atoms with Gasteiger partial charge < -0.3 is 10.2 Å². The van der Waals surface area contributed by atoms with Crippen molar-refractivity contribution in [3.63, 3.8) is 0 Å². The molecule has 1 heterocycles. The molecule has 0 saturated carbocycles. The third-order valence-corrected chi connectivity index (χ3v) is 3.06. The number of aryl methyl sites for hydroxylation is 1. The van der Waals surface area contributed by atoms with E-state index in [1.54, 1.807) is 12.5 Å². The summed E-state index contributed by atoms with van der Waals surface area (Å²) in [5, 5.41) is 0. The minimum Gasteiger partial charge on any atom is -0.472 e. The van der Waals surface area contributed by atoms with Gasteiger partial charge in [0.05, 0.1) is 18.6 Å². The second-order valence-corrected chi connectivity index (χ2v) is 4.38. The average Bonchev–Trinajstić information content (AvgIpc) is 2.90. The normalized spacial score (nSPS) is 12.6. The van der Waals surface area contributed by atoms with E-state index in [1.165, 1.54) is 18.4 Å². The highest BCUT2D eigenvalue weighted by atomic mass is 16.3. The second kappa shape index (κ2) is 5.69. The molecule has 0 fully saturated rings. The minimum absolute atomic E-state index is 0.0889. The second-order valence-electron chi connectivity index (χ2n) is 4.38. The average molecular weight is 229 g/mol. The lowest BCUT2D eigenvalue weighted by Crippen LogP contribution is -2.10. The molecule has 17 heavy (non-hydrogen) atoms. The van der Waals surface area contributed by atoms with Crippen LogP contribution in [0, 0.1) is 0 Å². The Morgan fingerprint density at radius 3 is 2.47 bits per heavy atom. The number of nitrogens with two attached hydrogens (primary N) is 1. The Bertz CT molecular complexity index is 430. The van der Waals surface area contributed by atoms with E-state index in [-0.39, 0.29) is 6.04 Å². The van der Waals surface area contributed by atoms with Crippen molar-refractivity contribution >= 4 is 0 Å². The SMILES string of the molecule is CCCCc1ccc(C(N)c2ccoc2)cc1. The van der Waals surface area contributed by atoms with E-state index < -0.39 is 0 Å². The maximum atomic E-state index is 6.15. The predicted octanol–water partition coefficient (Wildman–Crippen LogP) is 3.67. The maximum Gasteiger partial charge on any atom is 0.0953 e. The van der Waals surface area contributed by atoms with E-state index in [0.717, 1.165) is 17.5 Å². The van der Waals surface area contributed by atoms with Crippen molar-refractivity contribution in [2.75, 3.05) is 0 Å². The van der Waals surface area contributed by atoms with Crippen molar-refractivity contribution in [3.8, 4) is 0 Å². The number of furan rings is 1. The van der Waals surface area contributed by atoms with E-state index in [2.05, 4.69) is 31.2 Å². The molecule has 1 atom stereocenters. The number of hydrogen-bond donors (Lipinski definition) is 1. The van der Waals surface area contributed by atoms with Crippen molar-refractivity contribution in [2.45, 2.75) is 32.2 Å². The van der Waals surface area contributed by atoms with Crippen molar-refractivity contribution in [1.82, 2.24) is 0 Å². The standard InChI is InChI=1S/C15H19NO/c1-2-3-4-12-5-7-13(8-6-12)15(16)14-9-10-17-11-14/h5-11,15H,2-4,16H2,1H3. The molecule has 0 amide bonds. The molecule has 2 N–H and O–H groups in total. The lowest BCUT2D eigenvalue weighted by atomic mass is 9.99. The minimum atomic E-state index is -0.0889. The summed E-state index contributed by atoms with van der Waals surface area (Å²) in [6, 6.07) is 10.4. The van der Waals surface area contributed by atoms with Gasteiger partial charge in [-0.25, -0.2) is 0 Å². The third-order valence-electron chi connectivity index (χ3n) is 3.06. The molecular weight excluding hydrogens is 210 g/mol. The van der Waals surface area contributed by atoms with E-state index in [1.807, 2.05) is 6.07 Å². The zero-order chi connectivity index (χ0) is 12.1. The van der Waals surface area contributed by atoms with Gasteiger partial charge in [-0.05, 0) is 30.0 Å². The molecule has 2 nitrogen and oxygen atoms in total. The largest absolute Gasteiger partial charge is 0.472 e. The van der Waals surface area contributed by atoms with Crippen molar-refractivity contribution in [1.29, 1.82) is 0 Å². The fraction of sp³-hybridized carbons (Fsp3) is 0.333. The van der Waals surface area contributed by atoms with Crippen LogP contribution in [-0.4, -0.2) is 0 Å². The van der Waals surface area contributed by atoms with E-state index >= 15 is 0 Å². The Morgan fingerprint density at radius 2 is 1.88 bits per heavy atom. The molecule has 2 aromatic rings. The Hall–Kier alpha value is -1.54. The van der Waals surface area contributed by atoms with Gasteiger partial charge in [0, 0.05) is 5.56 Å². The van der Waals surface area contributed by atoms with Crippen LogP contribution in [-0.2, 0) is 6.42 Å². The summed E-state index contributed by atoms with van der Waals surface area (Å²) in [6.07, 6.45) is 6.99. The Kier molecular flexibility index (Phi) is 3.99. The molecule has 2 rings (SSSR count). The summed E-state index contributed by atoms with van der Waals surface area (Å²) in [5.41, 5.74) is 9.69. The summed E-state index contributed by atoms with van der Waals surface area (Å²) in [6.45, 7) is 2.21. The highest BCUT2D eigenvalue weighted by Gasteiger charge is 2.09. The first-order valence-electron chi connectivity index (χ1n) is 6.17. The van der Waals surface area contributed by atoms with Crippen LogP contribution in [0.2, 0.25) is 0 Å². The van der Waals surface area contributed by atoms with Crippen LogP contribution in [0.5, 0.6) is 0 Å². The highest BCUT2D eigenvalue weighted by Crippen LogP contribution is 2.20. The van der Waals surface area contributed by atoms with Gasteiger partial charge in [-0.15, -0.1) is 0 Å². The van der Waals surface area contributed by atoms with Crippen LogP contribution in [0.15, 0.2) is 47.3 Å². The van der Waals surface area contributed by atoms with Crippen LogP contribution >= 0.6 is 0 Å². The van der Waals surface area contributed by atoms with Crippen LogP contribution in [0.3, 0.4) is 0 Å². The molecule has 0 bridgehead atoms. The van der Waals surface area contributed by atoms with E-state index in [0.29, 0.717) is 0 Å². The molecule has 0 aliphatic heterocycles. The smallest absolute Gasteiger partial charge is 0.0953 e. The molecule has 1 aromatic heterocycles. The maximum absolute atomic E-state index is 6.15. The van der Waals surface area contributed by atoms with Gasteiger partial charge in [0.15, 0.2) is 0 Å². The number of rotatable bonds is 5. The number of hydrogen-bond acceptors (Lipinski definition) is 2. The highest BCUT2D eigenvalue weighted by molar-refractivity contribution is 5.31. The van der Waals surface area contributed by atoms with Crippen molar-refractivity contribution in [2.24, 2.45) is 5.73 Å². The predicted molar refractivity (Wildman–Crippen MR) is 69.8 cm³/mol. The molecule has 1 unspecified atom stereocenters. The lowest BCUT2D eigenvalue weighted by Gasteiger charge is -2.10. The molecular formula is C15H19NO. The van der Waals surface area contributed by atoms with Gasteiger partial charge in [-0.3, -0.25) is 0 Å². The monoisotopic (exact) mass is 229 g/mol. The summed E-state index contributed by atoms with van der Waals surface area (Å²) in [4.78, 5) is 0. The molecule has 90 valence electrons. The molecule has 1 aromatic carbocycles. The molecule has 0 spiro atoms. The van der Waals surface area contributed by atoms with E-state index in [9.17, 15) is 0 Å². The number of unbranched alkanes of at least 4 members (excludes halogenated alkanes) is 1. The quantitative estimate of drug-likeness (QED) is 0.849. The van der Waals surface area contributed by atoms with Crippen molar-refractivity contribution in [3.05, 3.63) is 59.5 Å². The fourth-order valence-electron chi connectivity index (χ4n) is 1.92. The Balaban J connectivity index is 2.07. The van der Waals surface area contributed by atoms with Gasteiger partial charge >= 0.3 is 0 Å². The van der Waals surface area contributed by atoms with Gasteiger partial charge in [0.2, 0.25) is 0 Å². The summed E-state index contributed by atoms with van der Waals surface area (Å²) >= 11 is 0. The first-order chi connectivity index (χ1) is 8.31. The summed E-state index contributed by atoms with van der Waals surface area (Å²) in [5.74, 6) is 0. The van der Waals surface area contributed by atoms with Crippen LogP contribution < -0.4 is 5.73 Å². The molecule has 2 heteroatoms. The Morgan fingerprint density at radius 1 is 1.12 bits per heavy atom. The van der Waals surface area contributed by atoms with Gasteiger partial charge in [-0.1, -0.05) is 37.6 Å². The Labute approximate surface area is 102 Å². The zero-order valence-electron chi connectivity index (χ0n) is 10.2. The first kappa shape index (κ1) is 11.9. The zero-order valence-corrected chi connectivity index (χ0v) is 10.2. The van der Waals surface area contributed by atoms with Crippen molar-refractivity contribution < 1.29 is 4.42 Å².